The molecule has 1 aliphatic rings. The number of halogens is 1. The molecule has 1 fully saturated rings. The number of nitrogens with zero attached hydrogens (tertiary/aromatic N) is 1. The Morgan fingerprint density at radius 1 is 0.784 bits per heavy atom. The highest BCUT2D eigenvalue weighted by atomic mass is 19.1. The molecule has 0 aliphatic carbocycles. The second-order valence-corrected chi connectivity index (χ2v) is 8.76. The fourth-order valence-electron chi connectivity index (χ4n) is 4.42. The van der Waals surface area contributed by atoms with Crippen LogP contribution in [0, 0.1) is 5.82 Å². The van der Waals surface area contributed by atoms with Gasteiger partial charge in [-0.05, 0) is 53.1 Å². The van der Waals surface area contributed by atoms with E-state index in [9.17, 15) is 19.1 Å². The number of benzene rings is 4. The maximum absolute atomic E-state index is 13.5. The summed E-state index contributed by atoms with van der Waals surface area (Å²) in [5.41, 5.74) is 2.74. The molecule has 1 saturated heterocycles. The van der Waals surface area contributed by atoms with E-state index in [1.165, 1.54) is 29.2 Å². The van der Waals surface area contributed by atoms with Crippen molar-refractivity contribution in [3.05, 3.63) is 143 Å². The first-order valence-electron chi connectivity index (χ1n) is 11.9. The zero-order valence-corrected chi connectivity index (χ0v) is 19.9. The number of carbonyl (C=O) groups is 2. The monoisotopic (exact) mass is 493 g/mol. The first-order valence-corrected chi connectivity index (χ1v) is 11.9. The van der Waals surface area contributed by atoms with Crippen LogP contribution in [0.1, 0.15) is 28.3 Å². The summed E-state index contributed by atoms with van der Waals surface area (Å²) in [4.78, 5) is 27.8. The molecule has 1 unspecified atom stereocenters. The lowest BCUT2D eigenvalue weighted by molar-refractivity contribution is -0.140. The number of amides is 1. The molecule has 0 spiro atoms. The van der Waals surface area contributed by atoms with Gasteiger partial charge in [0.05, 0.1) is 11.6 Å². The first-order chi connectivity index (χ1) is 18.0. The maximum atomic E-state index is 13.5. The van der Waals surface area contributed by atoms with Crippen LogP contribution in [0.4, 0.5) is 4.39 Å². The van der Waals surface area contributed by atoms with Crippen molar-refractivity contribution in [3.63, 3.8) is 0 Å². The number of aliphatic hydroxyl groups is 1. The fourth-order valence-corrected chi connectivity index (χ4v) is 4.42. The van der Waals surface area contributed by atoms with Crippen LogP contribution in [0.15, 0.2) is 115 Å². The Morgan fingerprint density at radius 3 is 2.00 bits per heavy atom. The van der Waals surface area contributed by atoms with Gasteiger partial charge in [-0.1, -0.05) is 72.8 Å². The van der Waals surface area contributed by atoms with Crippen LogP contribution < -0.4 is 4.74 Å². The average Bonchev–Trinajstić information content (AvgIpc) is 3.18. The Morgan fingerprint density at radius 2 is 1.38 bits per heavy atom. The quantitative estimate of drug-likeness (QED) is 0.194. The van der Waals surface area contributed by atoms with Gasteiger partial charge in [-0.25, -0.2) is 4.39 Å². The summed E-state index contributed by atoms with van der Waals surface area (Å²) in [6.07, 6.45) is 0. The van der Waals surface area contributed by atoms with Crippen molar-refractivity contribution in [2.24, 2.45) is 0 Å². The molecule has 1 heterocycles. The molecule has 37 heavy (non-hydrogen) atoms. The molecule has 0 aromatic heterocycles. The van der Waals surface area contributed by atoms with E-state index in [0.29, 0.717) is 17.9 Å². The average molecular weight is 494 g/mol. The summed E-state index contributed by atoms with van der Waals surface area (Å²) in [7, 11) is 0. The van der Waals surface area contributed by atoms with Gasteiger partial charge in [0.2, 0.25) is 0 Å². The summed E-state index contributed by atoms with van der Waals surface area (Å²) >= 11 is 0. The number of likely N-dealkylation sites (tertiary alicyclic amines) is 1. The van der Waals surface area contributed by atoms with Crippen molar-refractivity contribution in [1.29, 1.82) is 0 Å². The molecule has 4 aromatic carbocycles. The summed E-state index contributed by atoms with van der Waals surface area (Å²) in [5, 5.41) is 11.1. The Balaban J connectivity index is 1.51. The molecule has 1 N–H and O–H groups in total. The molecular formula is C31H24FNO4. The minimum Gasteiger partial charge on any atom is -0.507 e. The molecule has 0 saturated carbocycles. The molecule has 1 amide bonds. The van der Waals surface area contributed by atoms with Crippen LogP contribution in [0.5, 0.6) is 5.75 Å². The van der Waals surface area contributed by atoms with E-state index in [2.05, 4.69) is 0 Å². The van der Waals surface area contributed by atoms with E-state index in [1.807, 2.05) is 60.7 Å². The van der Waals surface area contributed by atoms with Gasteiger partial charge >= 0.3 is 0 Å². The van der Waals surface area contributed by atoms with Crippen LogP contribution in [0.2, 0.25) is 0 Å². The Hall–Kier alpha value is -4.71. The minimum atomic E-state index is -0.826. The number of rotatable bonds is 7. The third-order valence-electron chi connectivity index (χ3n) is 6.30. The summed E-state index contributed by atoms with van der Waals surface area (Å²) in [6.45, 7) is 0.583. The SMILES string of the molecule is O=C1C(=O)N(Cc2ccccc2)C(c2ccc(OCc3ccccc3)cc2)C1=C(O)c1ccc(F)cc1. The summed E-state index contributed by atoms with van der Waals surface area (Å²) < 4.78 is 19.4. The van der Waals surface area contributed by atoms with Crippen molar-refractivity contribution in [3.8, 4) is 5.75 Å². The molecule has 0 bridgehead atoms. The van der Waals surface area contributed by atoms with E-state index >= 15 is 0 Å². The van der Waals surface area contributed by atoms with Crippen molar-refractivity contribution < 1.29 is 23.8 Å². The molecule has 5 rings (SSSR count). The van der Waals surface area contributed by atoms with Gasteiger partial charge in [-0.3, -0.25) is 9.59 Å². The molecule has 1 atom stereocenters. The number of aliphatic hydroxyl groups excluding tert-OH is 1. The smallest absolute Gasteiger partial charge is 0.295 e. The minimum absolute atomic E-state index is 0.0366. The summed E-state index contributed by atoms with van der Waals surface area (Å²) in [5.74, 6) is -1.67. The van der Waals surface area contributed by atoms with Gasteiger partial charge in [0.25, 0.3) is 11.7 Å². The lowest BCUT2D eigenvalue weighted by atomic mass is 9.95. The molecular weight excluding hydrogens is 469 g/mol. The van der Waals surface area contributed by atoms with Gasteiger partial charge in [0.1, 0.15) is 23.9 Å². The Kier molecular flexibility index (Phi) is 6.81. The normalized spacial score (nSPS) is 16.7. The van der Waals surface area contributed by atoms with Gasteiger partial charge in [0.15, 0.2) is 0 Å². The largest absolute Gasteiger partial charge is 0.507 e. The highest BCUT2D eigenvalue weighted by Gasteiger charge is 2.46. The zero-order chi connectivity index (χ0) is 25.8. The number of hydrogen-bond acceptors (Lipinski definition) is 4. The first kappa shape index (κ1) is 24.0. The predicted molar refractivity (Wildman–Crippen MR) is 138 cm³/mol. The third-order valence-corrected chi connectivity index (χ3v) is 6.30. The lowest BCUT2D eigenvalue weighted by Gasteiger charge is -2.25. The maximum Gasteiger partial charge on any atom is 0.295 e. The molecule has 5 nitrogen and oxygen atoms in total. The second-order valence-electron chi connectivity index (χ2n) is 8.76. The zero-order valence-electron chi connectivity index (χ0n) is 19.9. The standard InChI is InChI=1S/C31H24FNO4/c32-25-15-11-24(12-16-25)29(34)27-28(33(31(36)30(27)35)19-21-7-3-1-4-8-21)23-13-17-26(18-14-23)37-20-22-9-5-2-6-10-22/h1-18,28,34H,19-20H2. The molecule has 0 radical (unpaired) electrons. The van der Waals surface area contributed by atoms with E-state index in [4.69, 9.17) is 4.74 Å². The van der Waals surface area contributed by atoms with Crippen LogP contribution >= 0.6 is 0 Å². The van der Waals surface area contributed by atoms with Gasteiger partial charge in [-0.2, -0.15) is 0 Å². The third kappa shape index (κ3) is 5.14. The number of ketones is 1. The van der Waals surface area contributed by atoms with E-state index in [1.54, 1.807) is 24.3 Å². The molecule has 6 heteroatoms. The Bertz CT molecular complexity index is 1430. The van der Waals surface area contributed by atoms with Crippen molar-refractivity contribution in [2.75, 3.05) is 0 Å². The fraction of sp³-hybridized carbons (Fsp3) is 0.0968. The molecule has 184 valence electrons. The summed E-state index contributed by atoms with van der Waals surface area (Å²) in [6, 6.07) is 30.6. The number of hydrogen-bond donors (Lipinski definition) is 1. The van der Waals surface area contributed by atoms with Crippen molar-refractivity contribution >= 4 is 17.4 Å². The molecule has 4 aromatic rings. The molecule has 1 aliphatic heterocycles. The van der Waals surface area contributed by atoms with Crippen molar-refractivity contribution in [2.45, 2.75) is 19.2 Å². The number of carbonyl (C=O) groups excluding carboxylic acids is 2. The van der Waals surface area contributed by atoms with Gasteiger partial charge < -0.3 is 14.7 Å². The highest BCUT2D eigenvalue weighted by Crippen LogP contribution is 2.40. The number of ether oxygens (including phenoxy) is 1. The van der Waals surface area contributed by atoms with Crippen LogP contribution in [0.25, 0.3) is 5.76 Å². The lowest BCUT2D eigenvalue weighted by Crippen LogP contribution is -2.29. The van der Waals surface area contributed by atoms with Crippen LogP contribution in [-0.2, 0) is 22.7 Å². The van der Waals surface area contributed by atoms with Gasteiger partial charge in [0, 0.05) is 12.1 Å². The number of Topliss-reactive ketones (excluding diaryl/α,β-unsaturated/α-hetero) is 1. The van der Waals surface area contributed by atoms with Crippen molar-refractivity contribution in [1.82, 2.24) is 4.90 Å². The Labute approximate surface area is 214 Å². The van der Waals surface area contributed by atoms with Gasteiger partial charge in [-0.15, -0.1) is 0 Å². The van der Waals surface area contributed by atoms with E-state index in [-0.39, 0.29) is 23.4 Å². The topological polar surface area (TPSA) is 66.8 Å². The van der Waals surface area contributed by atoms with Crippen LogP contribution in [-0.4, -0.2) is 21.7 Å². The second kappa shape index (κ2) is 10.5. The van der Waals surface area contributed by atoms with E-state index in [0.717, 1.165) is 11.1 Å². The predicted octanol–water partition coefficient (Wildman–Crippen LogP) is 6.03. The highest BCUT2D eigenvalue weighted by molar-refractivity contribution is 6.46. The van der Waals surface area contributed by atoms with E-state index < -0.39 is 23.5 Å². The van der Waals surface area contributed by atoms with Crippen LogP contribution in [0.3, 0.4) is 0 Å².